The first-order valence-electron chi connectivity index (χ1n) is 7.67. The Bertz CT molecular complexity index is 704. The number of hydrogen-bond donors (Lipinski definition) is 0. The fourth-order valence-electron chi connectivity index (χ4n) is 2.89. The van der Waals surface area contributed by atoms with Crippen molar-refractivity contribution >= 4 is 0 Å². The summed E-state index contributed by atoms with van der Waals surface area (Å²) in [5.74, 6) is 0.0512. The van der Waals surface area contributed by atoms with E-state index in [-0.39, 0.29) is 11.7 Å². The fraction of sp³-hybridized carbons (Fsp3) is 0.143. The first kappa shape index (κ1) is 14.5. The molecule has 0 aliphatic carbocycles. The maximum absolute atomic E-state index is 13.6. The second-order valence-electron chi connectivity index (χ2n) is 5.54. The van der Waals surface area contributed by atoms with Crippen molar-refractivity contribution in [1.82, 2.24) is 0 Å². The minimum Gasteiger partial charge on any atom is -0.207 e. The van der Waals surface area contributed by atoms with Gasteiger partial charge >= 0.3 is 0 Å². The van der Waals surface area contributed by atoms with Crippen LogP contribution in [0.1, 0.15) is 29.0 Å². The largest absolute Gasteiger partial charge is 0.207 e. The van der Waals surface area contributed by atoms with Gasteiger partial charge in [-0.3, -0.25) is 0 Å². The van der Waals surface area contributed by atoms with Crippen molar-refractivity contribution < 1.29 is 4.39 Å². The van der Waals surface area contributed by atoms with Crippen LogP contribution in [0.3, 0.4) is 0 Å². The SMILES string of the molecule is Fc1cccc(C(CCc2ccccc2)c2ccccc2)c1. The van der Waals surface area contributed by atoms with E-state index in [9.17, 15) is 4.39 Å². The Kier molecular flexibility index (Phi) is 4.65. The first-order chi connectivity index (χ1) is 10.8. The maximum atomic E-state index is 13.6. The third-order valence-electron chi connectivity index (χ3n) is 4.02. The third kappa shape index (κ3) is 3.62. The molecular formula is C21H19F. The monoisotopic (exact) mass is 290 g/mol. The molecule has 1 atom stereocenters. The van der Waals surface area contributed by atoms with Crippen molar-refractivity contribution in [3.05, 3.63) is 107 Å². The van der Waals surface area contributed by atoms with E-state index in [0.717, 1.165) is 18.4 Å². The summed E-state index contributed by atoms with van der Waals surface area (Å²) in [7, 11) is 0. The Morgan fingerprint density at radius 1 is 0.682 bits per heavy atom. The molecule has 0 aliphatic heterocycles. The summed E-state index contributed by atoms with van der Waals surface area (Å²) in [5.41, 5.74) is 3.60. The summed E-state index contributed by atoms with van der Waals surface area (Å²) in [6.07, 6.45) is 1.95. The van der Waals surface area contributed by atoms with Crippen LogP contribution in [0.2, 0.25) is 0 Å². The minimum absolute atomic E-state index is 0.168. The molecule has 0 heterocycles. The Balaban J connectivity index is 1.86. The van der Waals surface area contributed by atoms with E-state index in [1.807, 2.05) is 30.3 Å². The highest BCUT2D eigenvalue weighted by Gasteiger charge is 2.14. The van der Waals surface area contributed by atoms with Gasteiger partial charge in [-0.05, 0) is 41.7 Å². The average Bonchev–Trinajstić information content (AvgIpc) is 2.57. The van der Waals surface area contributed by atoms with E-state index in [1.165, 1.54) is 17.2 Å². The molecule has 110 valence electrons. The molecule has 0 saturated heterocycles. The van der Waals surface area contributed by atoms with Crippen LogP contribution in [0.25, 0.3) is 0 Å². The molecule has 0 N–H and O–H groups in total. The zero-order chi connectivity index (χ0) is 15.2. The lowest BCUT2D eigenvalue weighted by Crippen LogP contribution is -2.03. The van der Waals surface area contributed by atoms with Crippen molar-refractivity contribution in [3.63, 3.8) is 0 Å². The molecule has 3 aromatic rings. The van der Waals surface area contributed by atoms with Crippen LogP contribution in [-0.4, -0.2) is 0 Å². The molecule has 0 nitrogen and oxygen atoms in total. The number of halogens is 1. The molecule has 0 aromatic heterocycles. The molecule has 3 rings (SSSR count). The topological polar surface area (TPSA) is 0 Å². The molecule has 0 spiro atoms. The van der Waals surface area contributed by atoms with Crippen molar-refractivity contribution in [1.29, 1.82) is 0 Å². The average molecular weight is 290 g/mol. The lowest BCUT2D eigenvalue weighted by Gasteiger charge is -2.18. The number of hydrogen-bond acceptors (Lipinski definition) is 0. The van der Waals surface area contributed by atoms with Gasteiger partial charge in [0, 0.05) is 5.92 Å². The summed E-state index contributed by atoms with van der Waals surface area (Å²) >= 11 is 0. The molecule has 0 radical (unpaired) electrons. The van der Waals surface area contributed by atoms with E-state index in [2.05, 4.69) is 36.4 Å². The summed E-state index contributed by atoms with van der Waals surface area (Å²) in [4.78, 5) is 0. The number of rotatable bonds is 5. The summed E-state index contributed by atoms with van der Waals surface area (Å²) in [6.45, 7) is 0. The summed E-state index contributed by atoms with van der Waals surface area (Å²) in [6, 6.07) is 27.8. The normalized spacial score (nSPS) is 12.0. The quantitative estimate of drug-likeness (QED) is 0.574. The van der Waals surface area contributed by atoms with Crippen LogP contribution in [0.4, 0.5) is 4.39 Å². The highest BCUT2D eigenvalue weighted by Crippen LogP contribution is 2.29. The minimum atomic E-state index is -0.168. The van der Waals surface area contributed by atoms with Gasteiger partial charge in [0.2, 0.25) is 0 Å². The number of aryl methyl sites for hydroxylation is 1. The van der Waals surface area contributed by atoms with Crippen LogP contribution in [0.5, 0.6) is 0 Å². The predicted octanol–water partition coefficient (Wildman–Crippen LogP) is 5.59. The van der Waals surface area contributed by atoms with Gasteiger partial charge in [0.25, 0.3) is 0 Å². The molecule has 0 fully saturated rings. The Morgan fingerprint density at radius 3 is 2.00 bits per heavy atom. The zero-order valence-corrected chi connectivity index (χ0v) is 12.5. The standard InChI is InChI=1S/C21H19F/c22-20-13-7-12-19(16-20)21(18-10-5-2-6-11-18)15-14-17-8-3-1-4-9-17/h1-13,16,21H,14-15H2. The van der Waals surface area contributed by atoms with Gasteiger partial charge in [-0.2, -0.15) is 0 Å². The van der Waals surface area contributed by atoms with Gasteiger partial charge in [-0.1, -0.05) is 72.8 Å². The maximum Gasteiger partial charge on any atom is 0.123 e. The molecular weight excluding hydrogens is 271 g/mol. The predicted molar refractivity (Wildman–Crippen MR) is 89.4 cm³/mol. The van der Waals surface area contributed by atoms with Crippen molar-refractivity contribution in [2.24, 2.45) is 0 Å². The smallest absolute Gasteiger partial charge is 0.123 e. The van der Waals surface area contributed by atoms with E-state index >= 15 is 0 Å². The second-order valence-corrected chi connectivity index (χ2v) is 5.54. The Morgan fingerprint density at radius 2 is 1.32 bits per heavy atom. The van der Waals surface area contributed by atoms with Gasteiger partial charge < -0.3 is 0 Å². The van der Waals surface area contributed by atoms with Crippen LogP contribution in [0, 0.1) is 5.82 Å². The second kappa shape index (κ2) is 7.04. The van der Waals surface area contributed by atoms with Gasteiger partial charge in [-0.15, -0.1) is 0 Å². The van der Waals surface area contributed by atoms with E-state index in [1.54, 1.807) is 12.1 Å². The molecule has 0 aliphatic rings. The highest BCUT2D eigenvalue weighted by atomic mass is 19.1. The lowest BCUT2D eigenvalue weighted by molar-refractivity contribution is 0.620. The van der Waals surface area contributed by atoms with Crippen molar-refractivity contribution in [3.8, 4) is 0 Å². The summed E-state index contributed by atoms with van der Waals surface area (Å²) < 4.78 is 13.6. The number of benzene rings is 3. The zero-order valence-electron chi connectivity index (χ0n) is 12.5. The summed E-state index contributed by atoms with van der Waals surface area (Å²) in [5, 5.41) is 0. The highest BCUT2D eigenvalue weighted by molar-refractivity contribution is 5.33. The fourth-order valence-corrected chi connectivity index (χ4v) is 2.89. The van der Waals surface area contributed by atoms with E-state index in [0.29, 0.717) is 0 Å². The van der Waals surface area contributed by atoms with Gasteiger partial charge in [0.05, 0.1) is 0 Å². The van der Waals surface area contributed by atoms with Gasteiger partial charge in [0.1, 0.15) is 5.82 Å². The molecule has 0 amide bonds. The Labute approximate surface area is 131 Å². The molecule has 1 heteroatoms. The van der Waals surface area contributed by atoms with Gasteiger partial charge in [-0.25, -0.2) is 4.39 Å². The Hall–Kier alpha value is -2.41. The van der Waals surface area contributed by atoms with Crippen LogP contribution >= 0.6 is 0 Å². The molecule has 22 heavy (non-hydrogen) atoms. The van der Waals surface area contributed by atoms with Crippen molar-refractivity contribution in [2.75, 3.05) is 0 Å². The third-order valence-corrected chi connectivity index (χ3v) is 4.02. The van der Waals surface area contributed by atoms with Crippen LogP contribution < -0.4 is 0 Å². The van der Waals surface area contributed by atoms with E-state index < -0.39 is 0 Å². The van der Waals surface area contributed by atoms with Gasteiger partial charge in [0.15, 0.2) is 0 Å². The molecule has 1 unspecified atom stereocenters. The molecule has 3 aromatic carbocycles. The lowest BCUT2D eigenvalue weighted by atomic mass is 9.86. The first-order valence-corrected chi connectivity index (χ1v) is 7.67. The van der Waals surface area contributed by atoms with Crippen LogP contribution in [-0.2, 0) is 6.42 Å². The molecule has 0 saturated carbocycles. The van der Waals surface area contributed by atoms with E-state index in [4.69, 9.17) is 0 Å². The van der Waals surface area contributed by atoms with Crippen molar-refractivity contribution in [2.45, 2.75) is 18.8 Å². The van der Waals surface area contributed by atoms with Crippen LogP contribution in [0.15, 0.2) is 84.9 Å². The molecule has 0 bridgehead atoms.